The minimum absolute atomic E-state index is 0.228. The molecule has 0 aliphatic rings. The topological polar surface area (TPSA) is 41.6 Å². The van der Waals surface area contributed by atoms with Crippen LogP contribution in [0.3, 0.4) is 0 Å². The van der Waals surface area contributed by atoms with Crippen LogP contribution in [0.1, 0.15) is 17.8 Å². The van der Waals surface area contributed by atoms with Crippen LogP contribution < -0.4 is 5.32 Å². The van der Waals surface area contributed by atoms with E-state index in [1.165, 1.54) is 12.0 Å². The van der Waals surface area contributed by atoms with Crippen LogP contribution in [0.2, 0.25) is 0 Å². The number of methoxy groups -OCH3 is 1. The highest BCUT2D eigenvalue weighted by Gasteiger charge is 2.18. The minimum atomic E-state index is -0.276. The second-order valence-corrected chi connectivity index (χ2v) is 5.13. The number of carbonyl (C=O) groups excluding carboxylic acids is 1. The number of thiophene rings is 1. The van der Waals surface area contributed by atoms with Gasteiger partial charge in [0, 0.05) is 11.4 Å². The summed E-state index contributed by atoms with van der Waals surface area (Å²) in [5.41, 5.74) is 0. The summed E-state index contributed by atoms with van der Waals surface area (Å²) in [4.78, 5) is 14.7. The fourth-order valence-corrected chi connectivity index (χ4v) is 2.49. The number of carbonyl (C=O) groups is 1. The zero-order valence-electron chi connectivity index (χ0n) is 10.8. The van der Waals surface area contributed by atoms with E-state index in [2.05, 4.69) is 26.4 Å². The van der Waals surface area contributed by atoms with Gasteiger partial charge in [-0.25, -0.2) is 0 Å². The van der Waals surface area contributed by atoms with Crippen molar-refractivity contribution in [2.45, 2.75) is 19.0 Å². The zero-order chi connectivity index (χ0) is 12.8. The Bertz CT molecular complexity index is 338. The molecular formula is C12H20N2O2S. The van der Waals surface area contributed by atoms with Gasteiger partial charge in [-0.1, -0.05) is 6.07 Å². The van der Waals surface area contributed by atoms with Crippen LogP contribution in [0.15, 0.2) is 17.5 Å². The van der Waals surface area contributed by atoms with E-state index in [9.17, 15) is 4.79 Å². The molecular weight excluding hydrogens is 236 g/mol. The third kappa shape index (κ3) is 4.11. The van der Waals surface area contributed by atoms with Crippen LogP contribution in [0.4, 0.5) is 0 Å². The monoisotopic (exact) mass is 256 g/mol. The molecule has 0 amide bonds. The number of ether oxygens (including phenoxy) is 1. The van der Waals surface area contributed by atoms with Crippen molar-refractivity contribution in [3.05, 3.63) is 22.4 Å². The molecule has 1 rings (SSSR count). The highest BCUT2D eigenvalue weighted by Crippen LogP contribution is 2.22. The average Bonchev–Trinajstić information content (AvgIpc) is 2.81. The Morgan fingerprint density at radius 1 is 1.59 bits per heavy atom. The SMILES string of the molecule is COC(=O)C(C)NCC(c1cccs1)N(C)C. The van der Waals surface area contributed by atoms with Gasteiger partial charge in [-0.05, 0) is 32.5 Å². The fraction of sp³-hybridized carbons (Fsp3) is 0.583. The third-order valence-corrected chi connectivity index (χ3v) is 3.64. The summed E-state index contributed by atoms with van der Waals surface area (Å²) in [6.07, 6.45) is 0. The first-order valence-electron chi connectivity index (χ1n) is 5.57. The van der Waals surface area contributed by atoms with Crippen molar-refractivity contribution in [3.63, 3.8) is 0 Å². The zero-order valence-corrected chi connectivity index (χ0v) is 11.6. The molecule has 0 saturated heterocycles. The predicted molar refractivity (Wildman–Crippen MR) is 70.2 cm³/mol. The van der Waals surface area contributed by atoms with Gasteiger partial charge >= 0.3 is 5.97 Å². The number of likely N-dealkylation sites (N-methyl/N-ethyl adjacent to an activating group) is 1. The second-order valence-electron chi connectivity index (χ2n) is 4.15. The van der Waals surface area contributed by atoms with Gasteiger partial charge in [0.2, 0.25) is 0 Å². The molecule has 17 heavy (non-hydrogen) atoms. The Morgan fingerprint density at radius 3 is 2.76 bits per heavy atom. The predicted octanol–water partition coefficient (Wildman–Crippen LogP) is 1.50. The molecule has 2 unspecified atom stereocenters. The van der Waals surface area contributed by atoms with Crippen molar-refractivity contribution < 1.29 is 9.53 Å². The lowest BCUT2D eigenvalue weighted by molar-refractivity contribution is -0.142. The van der Waals surface area contributed by atoms with Crippen LogP contribution in [-0.4, -0.2) is 44.7 Å². The van der Waals surface area contributed by atoms with Crippen molar-refractivity contribution in [3.8, 4) is 0 Å². The van der Waals surface area contributed by atoms with Crippen molar-refractivity contribution in [2.24, 2.45) is 0 Å². The lowest BCUT2D eigenvalue weighted by Gasteiger charge is -2.25. The molecule has 1 heterocycles. The van der Waals surface area contributed by atoms with Gasteiger partial charge < -0.3 is 15.0 Å². The lowest BCUT2D eigenvalue weighted by Crippen LogP contribution is -2.40. The minimum Gasteiger partial charge on any atom is -0.468 e. The first-order chi connectivity index (χ1) is 8.06. The molecule has 0 fully saturated rings. The number of hydrogen-bond donors (Lipinski definition) is 1. The van der Waals surface area contributed by atoms with Crippen molar-refractivity contribution in [2.75, 3.05) is 27.7 Å². The van der Waals surface area contributed by atoms with Crippen molar-refractivity contribution in [1.82, 2.24) is 10.2 Å². The smallest absolute Gasteiger partial charge is 0.322 e. The van der Waals surface area contributed by atoms with Crippen molar-refractivity contribution >= 4 is 17.3 Å². The molecule has 0 saturated carbocycles. The maximum atomic E-state index is 11.3. The molecule has 96 valence electrons. The van der Waals surface area contributed by atoms with E-state index < -0.39 is 0 Å². The van der Waals surface area contributed by atoms with Gasteiger partial charge in [0.05, 0.1) is 13.2 Å². The molecule has 1 N–H and O–H groups in total. The standard InChI is InChI=1S/C12H20N2O2S/c1-9(12(15)16-4)13-8-10(14(2)3)11-6-5-7-17-11/h5-7,9-10,13H,8H2,1-4H3. The van der Waals surface area contributed by atoms with E-state index in [1.807, 2.05) is 27.1 Å². The molecule has 0 aromatic carbocycles. The summed E-state index contributed by atoms with van der Waals surface area (Å²) in [7, 11) is 5.48. The first kappa shape index (κ1) is 14.2. The van der Waals surface area contributed by atoms with Crippen LogP contribution >= 0.6 is 11.3 Å². The van der Waals surface area contributed by atoms with Gasteiger partial charge in [-0.3, -0.25) is 4.79 Å². The van der Waals surface area contributed by atoms with E-state index >= 15 is 0 Å². The van der Waals surface area contributed by atoms with E-state index in [0.717, 1.165) is 6.54 Å². The molecule has 2 atom stereocenters. The Morgan fingerprint density at radius 2 is 2.29 bits per heavy atom. The Labute approximate surface area is 107 Å². The summed E-state index contributed by atoms with van der Waals surface area (Å²) in [5, 5.41) is 5.26. The van der Waals surface area contributed by atoms with Crippen LogP contribution in [0, 0.1) is 0 Å². The normalized spacial score (nSPS) is 14.6. The summed E-state index contributed by atoms with van der Waals surface area (Å²) in [6, 6.07) is 4.16. The van der Waals surface area contributed by atoms with Gasteiger partial charge in [0.1, 0.15) is 6.04 Å². The fourth-order valence-electron chi connectivity index (χ4n) is 1.57. The van der Waals surface area contributed by atoms with Gasteiger partial charge in [0.15, 0.2) is 0 Å². The highest BCUT2D eigenvalue weighted by atomic mass is 32.1. The molecule has 0 spiro atoms. The van der Waals surface area contributed by atoms with Crippen LogP contribution in [-0.2, 0) is 9.53 Å². The van der Waals surface area contributed by atoms with Crippen LogP contribution in [0.5, 0.6) is 0 Å². The number of nitrogens with one attached hydrogen (secondary N) is 1. The summed E-state index contributed by atoms with van der Waals surface area (Å²) in [6.45, 7) is 2.54. The summed E-state index contributed by atoms with van der Waals surface area (Å²) in [5.74, 6) is -0.228. The van der Waals surface area contributed by atoms with Gasteiger partial charge in [0.25, 0.3) is 0 Å². The van der Waals surface area contributed by atoms with E-state index in [4.69, 9.17) is 0 Å². The Balaban J connectivity index is 2.55. The van der Waals surface area contributed by atoms with Crippen molar-refractivity contribution in [1.29, 1.82) is 0 Å². The number of hydrogen-bond acceptors (Lipinski definition) is 5. The molecule has 0 aliphatic carbocycles. The van der Waals surface area contributed by atoms with Gasteiger partial charge in [-0.2, -0.15) is 0 Å². The second kappa shape index (κ2) is 6.74. The molecule has 1 aromatic rings. The van der Waals surface area contributed by atoms with Gasteiger partial charge in [-0.15, -0.1) is 11.3 Å². The largest absolute Gasteiger partial charge is 0.468 e. The number of esters is 1. The molecule has 1 aromatic heterocycles. The van der Waals surface area contributed by atoms with E-state index in [1.54, 1.807) is 11.3 Å². The Hall–Kier alpha value is -0.910. The lowest BCUT2D eigenvalue weighted by atomic mass is 10.2. The summed E-state index contributed by atoms with van der Waals surface area (Å²) < 4.78 is 4.68. The van der Waals surface area contributed by atoms with E-state index in [-0.39, 0.29) is 18.1 Å². The molecule has 4 nitrogen and oxygen atoms in total. The molecule has 0 bridgehead atoms. The van der Waals surface area contributed by atoms with E-state index in [0.29, 0.717) is 0 Å². The highest BCUT2D eigenvalue weighted by molar-refractivity contribution is 7.10. The first-order valence-corrected chi connectivity index (χ1v) is 6.45. The Kier molecular flexibility index (Phi) is 5.61. The van der Waals surface area contributed by atoms with Crippen LogP contribution in [0.25, 0.3) is 0 Å². The number of nitrogens with zero attached hydrogens (tertiary/aromatic N) is 1. The maximum Gasteiger partial charge on any atom is 0.322 e. The number of rotatable bonds is 6. The summed E-state index contributed by atoms with van der Waals surface area (Å²) >= 11 is 1.73. The molecule has 5 heteroatoms. The third-order valence-electron chi connectivity index (χ3n) is 2.67. The maximum absolute atomic E-state index is 11.3. The molecule has 0 radical (unpaired) electrons. The average molecular weight is 256 g/mol. The molecule has 0 aliphatic heterocycles. The quantitative estimate of drug-likeness (QED) is 0.783.